The van der Waals surface area contributed by atoms with Crippen molar-refractivity contribution in [1.82, 2.24) is 20.2 Å². The van der Waals surface area contributed by atoms with Crippen LogP contribution in [0.2, 0.25) is 0 Å². The Kier molecular flexibility index (Phi) is 7.70. The molecule has 1 N–H and O–H groups in total. The van der Waals surface area contributed by atoms with Gasteiger partial charge in [0.15, 0.2) is 11.0 Å². The van der Waals surface area contributed by atoms with Gasteiger partial charge in [0.25, 0.3) is 5.91 Å². The maximum absolute atomic E-state index is 12.5. The third-order valence-electron chi connectivity index (χ3n) is 5.75. The first-order chi connectivity index (χ1) is 17.2. The molecule has 4 rings (SSSR count). The zero-order valence-electron chi connectivity index (χ0n) is 21.3. The highest BCUT2D eigenvalue weighted by molar-refractivity contribution is 7.99. The molecule has 1 amide bonds. The smallest absolute Gasteiger partial charge is 0.250 e. The Balaban J connectivity index is 1.53. The summed E-state index contributed by atoms with van der Waals surface area (Å²) < 4.78 is 2.00. The quantitative estimate of drug-likeness (QED) is 0.190. The zero-order chi connectivity index (χ0) is 25.7. The maximum atomic E-state index is 12.5. The average Bonchev–Trinajstić information content (AvgIpc) is 3.28. The van der Waals surface area contributed by atoms with E-state index in [1.54, 1.807) is 6.21 Å². The number of rotatable bonds is 7. The SMILES string of the molecule is Cc1ccc(/C=N/NC(=O)CSc2nnc(-c3ccc(C(C)(C)C)cc3)n2-c2ccc(C)cc2)cc1. The number of hydrogen-bond donors (Lipinski definition) is 1. The average molecular weight is 498 g/mol. The second kappa shape index (κ2) is 10.9. The molecule has 1 aromatic heterocycles. The summed E-state index contributed by atoms with van der Waals surface area (Å²) in [6.45, 7) is 10.7. The lowest BCUT2D eigenvalue weighted by Crippen LogP contribution is -2.20. The number of nitrogens with one attached hydrogen (secondary N) is 1. The lowest BCUT2D eigenvalue weighted by atomic mass is 9.87. The summed E-state index contributed by atoms with van der Waals surface area (Å²) >= 11 is 1.33. The molecule has 0 saturated heterocycles. The van der Waals surface area contributed by atoms with Gasteiger partial charge in [-0.2, -0.15) is 5.10 Å². The van der Waals surface area contributed by atoms with Gasteiger partial charge < -0.3 is 0 Å². The van der Waals surface area contributed by atoms with E-state index in [0.29, 0.717) is 5.16 Å². The fourth-order valence-corrected chi connectivity index (χ4v) is 4.33. The largest absolute Gasteiger partial charge is 0.272 e. The Hall–Kier alpha value is -3.71. The maximum Gasteiger partial charge on any atom is 0.250 e. The van der Waals surface area contributed by atoms with Gasteiger partial charge in [-0.25, -0.2) is 5.43 Å². The number of benzene rings is 3. The number of hydrazone groups is 1. The van der Waals surface area contributed by atoms with E-state index in [1.807, 2.05) is 47.9 Å². The molecule has 0 radical (unpaired) electrons. The van der Waals surface area contributed by atoms with Crippen molar-refractivity contribution in [3.63, 3.8) is 0 Å². The molecule has 0 aliphatic rings. The van der Waals surface area contributed by atoms with Crippen molar-refractivity contribution in [3.05, 3.63) is 95.1 Å². The number of carbonyl (C=O) groups excluding carboxylic acids is 1. The lowest BCUT2D eigenvalue weighted by Gasteiger charge is -2.19. The molecule has 184 valence electrons. The summed E-state index contributed by atoms with van der Waals surface area (Å²) in [6.07, 6.45) is 1.64. The fourth-order valence-electron chi connectivity index (χ4n) is 3.59. The van der Waals surface area contributed by atoms with E-state index in [1.165, 1.54) is 28.5 Å². The standard InChI is InChI=1S/C29H31N5OS/c1-20-6-10-22(11-7-20)18-30-31-26(35)19-36-28-33-32-27(34(28)25-16-8-21(2)9-17-25)23-12-14-24(15-13-23)29(3,4)5/h6-18H,19H2,1-5H3,(H,31,35)/b30-18+. The molecule has 4 aromatic rings. The molecule has 0 aliphatic carbocycles. The summed E-state index contributed by atoms with van der Waals surface area (Å²) in [5.74, 6) is 0.690. The van der Waals surface area contributed by atoms with Crippen LogP contribution in [0.5, 0.6) is 0 Å². The van der Waals surface area contributed by atoms with Crippen LogP contribution in [-0.4, -0.2) is 32.6 Å². The topological polar surface area (TPSA) is 72.2 Å². The molecule has 36 heavy (non-hydrogen) atoms. The number of amides is 1. The van der Waals surface area contributed by atoms with E-state index in [4.69, 9.17) is 0 Å². The van der Waals surface area contributed by atoms with Gasteiger partial charge >= 0.3 is 0 Å². The zero-order valence-corrected chi connectivity index (χ0v) is 22.1. The van der Waals surface area contributed by atoms with E-state index in [9.17, 15) is 4.79 Å². The van der Waals surface area contributed by atoms with Gasteiger partial charge in [-0.3, -0.25) is 9.36 Å². The van der Waals surface area contributed by atoms with Crippen molar-refractivity contribution in [2.45, 2.75) is 45.2 Å². The molecule has 3 aromatic carbocycles. The molecule has 0 bridgehead atoms. The summed E-state index contributed by atoms with van der Waals surface area (Å²) in [6, 6.07) is 24.6. The Morgan fingerprint density at radius 3 is 2.14 bits per heavy atom. The van der Waals surface area contributed by atoms with Crippen LogP contribution in [0.3, 0.4) is 0 Å². The van der Waals surface area contributed by atoms with Gasteiger partial charge in [-0.15, -0.1) is 10.2 Å². The Bertz CT molecular complexity index is 1350. The number of hydrogen-bond acceptors (Lipinski definition) is 5. The number of nitrogens with zero attached hydrogens (tertiary/aromatic N) is 4. The number of carbonyl (C=O) groups is 1. The molecule has 1 heterocycles. The number of aromatic nitrogens is 3. The van der Waals surface area contributed by atoms with Gasteiger partial charge in [0.1, 0.15) is 0 Å². The molecular formula is C29H31N5OS. The minimum Gasteiger partial charge on any atom is -0.272 e. The molecule has 0 spiro atoms. The lowest BCUT2D eigenvalue weighted by molar-refractivity contribution is -0.118. The van der Waals surface area contributed by atoms with Crippen molar-refractivity contribution in [2.24, 2.45) is 5.10 Å². The number of aryl methyl sites for hydroxylation is 2. The fraction of sp³-hybridized carbons (Fsp3) is 0.241. The van der Waals surface area contributed by atoms with Crippen molar-refractivity contribution in [1.29, 1.82) is 0 Å². The molecule has 0 fully saturated rings. The van der Waals surface area contributed by atoms with E-state index in [2.05, 4.69) is 84.8 Å². The van der Waals surface area contributed by atoms with E-state index in [-0.39, 0.29) is 17.1 Å². The molecule has 0 saturated carbocycles. The van der Waals surface area contributed by atoms with Gasteiger partial charge in [-0.1, -0.05) is 104 Å². The van der Waals surface area contributed by atoms with Crippen LogP contribution in [-0.2, 0) is 10.2 Å². The van der Waals surface area contributed by atoms with Crippen LogP contribution in [0.1, 0.15) is 43.0 Å². The Morgan fingerprint density at radius 1 is 0.917 bits per heavy atom. The van der Waals surface area contributed by atoms with Crippen LogP contribution in [0.15, 0.2) is 83.1 Å². The van der Waals surface area contributed by atoms with Crippen LogP contribution in [0.4, 0.5) is 0 Å². The van der Waals surface area contributed by atoms with Crippen molar-refractivity contribution < 1.29 is 4.79 Å². The first kappa shape index (κ1) is 25.4. The highest BCUT2D eigenvalue weighted by Gasteiger charge is 2.19. The molecule has 0 aliphatic heterocycles. The third-order valence-corrected chi connectivity index (χ3v) is 6.68. The highest BCUT2D eigenvalue weighted by atomic mass is 32.2. The van der Waals surface area contributed by atoms with Crippen molar-refractivity contribution in [2.75, 3.05) is 5.75 Å². The minimum atomic E-state index is -0.210. The summed E-state index contributed by atoms with van der Waals surface area (Å²) in [4.78, 5) is 12.5. The molecule has 0 atom stereocenters. The van der Waals surface area contributed by atoms with Crippen LogP contribution in [0, 0.1) is 13.8 Å². The second-order valence-corrected chi connectivity index (χ2v) is 10.7. The molecule has 6 nitrogen and oxygen atoms in total. The van der Waals surface area contributed by atoms with Crippen LogP contribution in [0.25, 0.3) is 17.1 Å². The Morgan fingerprint density at radius 2 is 1.53 bits per heavy atom. The first-order valence-corrected chi connectivity index (χ1v) is 12.8. The minimum absolute atomic E-state index is 0.0689. The molecular weight excluding hydrogens is 466 g/mol. The van der Waals surface area contributed by atoms with Gasteiger partial charge in [0.05, 0.1) is 12.0 Å². The summed E-state index contributed by atoms with van der Waals surface area (Å²) in [5, 5.41) is 13.6. The highest BCUT2D eigenvalue weighted by Crippen LogP contribution is 2.30. The van der Waals surface area contributed by atoms with E-state index < -0.39 is 0 Å². The first-order valence-electron chi connectivity index (χ1n) is 11.9. The Labute approximate surface area is 216 Å². The van der Waals surface area contributed by atoms with Gasteiger partial charge in [0.2, 0.25) is 0 Å². The van der Waals surface area contributed by atoms with Crippen molar-refractivity contribution in [3.8, 4) is 17.1 Å². The van der Waals surface area contributed by atoms with Crippen LogP contribution >= 0.6 is 11.8 Å². The predicted molar refractivity (Wildman–Crippen MR) is 148 cm³/mol. The molecule has 0 unspecified atom stereocenters. The van der Waals surface area contributed by atoms with E-state index in [0.717, 1.165) is 22.6 Å². The van der Waals surface area contributed by atoms with E-state index >= 15 is 0 Å². The molecule has 7 heteroatoms. The third kappa shape index (κ3) is 6.29. The normalized spacial score (nSPS) is 11.7. The van der Waals surface area contributed by atoms with Gasteiger partial charge in [-0.05, 0) is 42.5 Å². The van der Waals surface area contributed by atoms with Gasteiger partial charge in [0, 0.05) is 11.3 Å². The van der Waals surface area contributed by atoms with Crippen LogP contribution < -0.4 is 5.43 Å². The summed E-state index contributed by atoms with van der Waals surface area (Å²) in [7, 11) is 0. The second-order valence-electron chi connectivity index (χ2n) is 9.80. The predicted octanol–water partition coefficient (Wildman–Crippen LogP) is 6.09. The van der Waals surface area contributed by atoms with Crippen molar-refractivity contribution >= 4 is 23.9 Å². The number of thioether (sulfide) groups is 1. The summed E-state index contributed by atoms with van der Waals surface area (Å²) in [5.41, 5.74) is 9.10. The monoisotopic (exact) mass is 497 g/mol.